The van der Waals surface area contributed by atoms with Crippen LogP contribution in [-0.4, -0.2) is 9.13 Å². The van der Waals surface area contributed by atoms with Gasteiger partial charge in [0, 0.05) is 21.5 Å². The maximum atomic E-state index is 14.9. The van der Waals surface area contributed by atoms with Gasteiger partial charge in [0.25, 0.3) is 0 Å². The van der Waals surface area contributed by atoms with Gasteiger partial charge in [-0.05, 0) is 94.0 Å². The predicted molar refractivity (Wildman–Crippen MR) is 227 cm³/mol. The van der Waals surface area contributed by atoms with Gasteiger partial charge >= 0.3 is 6.18 Å². The van der Waals surface area contributed by atoms with Crippen molar-refractivity contribution in [1.82, 2.24) is 9.13 Å². The lowest BCUT2D eigenvalue weighted by atomic mass is 9.95. The SMILES string of the molecule is [C-]#[N+]c1cc(-n2c3ccccc3c3cc(-c4ccccc4)ccc32)c(-n2c3ccccc3c3cc(-c4ccccc4)ccc32)cc1-c1ccc(C#N)cc1C(F)(F)F. The van der Waals surface area contributed by atoms with E-state index in [1.54, 1.807) is 12.1 Å². The first-order chi connectivity index (χ1) is 28.3. The van der Waals surface area contributed by atoms with Crippen LogP contribution in [0.4, 0.5) is 18.9 Å². The Kier molecular flexibility index (Phi) is 8.00. The second kappa shape index (κ2) is 13.4. The molecule has 0 spiro atoms. The lowest BCUT2D eigenvalue weighted by Crippen LogP contribution is -2.09. The summed E-state index contributed by atoms with van der Waals surface area (Å²) in [5.41, 5.74) is 7.81. The standard InChI is InChI=1S/C51H29F3N4/c1-56-44-30-50(58-46-19-11-9-17-39(46)42-28-36(22-25-48(42)58)34-14-6-3-7-15-34)49(29-40(44)37-23-20-32(31-55)26-43(37)51(52,53)54)57-45-18-10-8-16-38(45)41-27-35(21-24-47(41)57)33-12-4-2-5-13-33/h2-30H. The summed E-state index contributed by atoms with van der Waals surface area (Å²) in [6, 6.07) is 57.8. The first-order valence-electron chi connectivity index (χ1n) is 18.7. The first kappa shape index (κ1) is 34.6. The summed E-state index contributed by atoms with van der Waals surface area (Å²) in [6.45, 7) is 8.40. The van der Waals surface area contributed by atoms with Crippen molar-refractivity contribution >= 4 is 49.3 Å². The monoisotopic (exact) mass is 754 g/mol. The third-order valence-electron chi connectivity index (χ3n) is 11.0. The van der Waals surface area contributed by atoms with Gasteiger partial charge in [0.05, 0.1) is 57.2 Å². The molecule has 58 heavy (non-hydrogen) atoms. The van der Waals surface area contributed by atoms with Crippen LogP contribution in [0.25, 0.3) is 93.2 Å². The number of nitriles is 1. The average molecular weight is 755 g/mol. The molecular formula is C51H29F3N4. The summed E-state index contributed by atoms with van der Waals surface area (Å²) in [4.78, 5) is 3.88. The number of hydrogen-bond acceptors (Lipinski definition) is 1. The molecule has 0 aliphatic carbocycles. The van der Waals surface area contributed by atoms with Crippen molar-refractivity contribution in [3.63, 3.8) is 0 Å². The number of hydrogen-bond donors (Lipinski definition) is 0. The van der Waals surface area contributed by atoms with Crippen LogP contribution < -0.4 is 0 Å². The van der Waals surface area contributed by atoms with Crippen LogP contribution >= 0.6 is 0 Å². The minimum Gasteiger partial charge on any atom is -0.308 e. The van der Waals surface area contributed by atoms with E-state index in [1.807, 2.05) is 78.9 Å². The molecule has 0 aliphatic heterocycles. The number of para-hydroxylation sites is 2. The van der Waals surface area contributed by atoms with Gasteiger partial charge in [-0.25, -0.2) is 4.85 Å². The quantitative estimate of drug-likeness (QED) is 0.161. The van der Waals surface area contributed by atoms with E-state index in [4.69, 9.17) is 6.57 Å². The van der Waals surface area contributed by atoms with Crippen molar-refractivity contribution < 1.29 is 13.2 Å². The lowest BCUT2D eigenvalue weighted by Gasteiger charge is -2.21. The van der Waals surface area contributed by atoms with E-state index in [0.29, 0.717) is 11.4 Å². The van der Waals surface area contributed by atoms with Crippen LogP contribution in [0.1, 0.15) is 11.1 Å². The van der Waals surface area contributed by atoms with E-state index in [0.717, 1.165) is 71.9 Å². The molecule has 0 radical (unpaired) electrons. The van der Waals surface area contributed by atoms with E-state index in [2.05, 4.69) is 86.8 Å². The molecule has 4 nitrogen and oxygen atoms in total. The highest BCUT2D eigenvalue weighted by molar-refractivity contribution is 6.13. The fourth-order valence-electron chi connectivity index (χ4n) is 8.40. The Morgan fingerprint density at radius 1 is 0.466 bits per heavy atom. The fourth-order valence-corrected chi connectivity index (χ4v) is 8.40. The van der Waals surface area contributed by atoms with Crippen LogP contribution in [0.2, 0.25) is 0 Å². The smallest absolute Gasteiger partial charge is 0.308 e. The van der Waals surface area contributed by atoms with Crippen LogP contribution in [0, 0.1) is 17.9 Å². The molecule has 0 fully saturated rings. The number of halogens is 3. The zero-order valence-electron chi connectivity index (χ0n) is 30.7. The number of rotatable bonds is 5. The van der Waals surface area contributed by atoms with Crippen molar-refractivity contribution in [2.45, 2.75) is 6.18 Å². The van der Waals surface area contributed by atoms with Gasteiger partial charge in [-0.2, -0.15) is 18.4 Å². The Balaban J connectivity index is 1.34. The summed E-state index contributed by atoms with van der Waals surface area (Å²) in [6.07, 6.45) is -4.79. The molecule has 0 unspecified atom stereocenters. The zero-order valence-corrected chi connectivity index (χ0v) is 30.7. The van der Waals surface area contributed by atoms with Gasteiger partial charge in [0.2, 0.25) is 0 Å². The highest BCUT2D eigenvalue weighted by Crippen LogP contribution is 2.47. The second-order valence-corrected chi connectivity index (χ2v) is 14.2. The van der Waals surface area contributed by atoms with Gasteiger partial charge in [-0.15, -0.1) is 0 Å². The minimum atomic E-state index is -4.79. The molecule has 7 heteroatoms. The molecule has 0 saturated heterocycles. The van der Waals surface area contributed by atoms with Gasteiger partial charge in [0.1, 0.15) is 0 Å². The molecule has 0 saturated carbocycles. The predicted octanol–water partition coefficient (Wildman–Crippen LogP) is 14.3. The maximum Gasteiger partial charge on any atom is 0.417 e. The Morgan fingerprint density at radius 2 is 0.948 bits per heavy atom. The van der Waals surface area contributed by atoms with Crippen molar-refractivity contribution in [2.24, 2.45) is 0 Å². The van der Waals surface area contributed by atoms with Gasteiger partial charge in [0.15, 0.2) is 5.69 Å². The summed E-state index contributed by atoms with van der Waals surface area (Å²) < 4.78 is 48.8. The Bertz CT molecular complexity index is 3340. The summed E-state index contributed by atoms with van der Waals surface area (Å²) >= 11 is 0. The molecule has 2 aromatic heterocycles. The normalized spacial score (nSPS) is 11.7. The maximum absolute atomic E-state index is 14.9. The molecule has 0 atom stereocenters. The molecule has 10 rings (SSSR count). The van der Waals surface area contributed by atoms with Crippen molar-refractivity contribution in [3.8, 4) is 50.8 Å². The number of alkyl halides is 3. The molecule has 0 aliphatic rings. The second-order valence-electron chi connectivity index (χ2n) is 14.2. The molecule has 0 bridgehead atoms. The molecule has 0 N–H and O–H groups in total. The Labute approximate surface area is 331 Å². The molecule has 274 valence electrons. The summed E-state index contributed by atoms with van der Waals surface area (Å²) in [7, 11) is 0. The molecular weight excluding hydrogens is 726 g/mol. The number of aromatic nitrogens is 2. The largest absolute Gasteiger partial charge is 0.417 e. The fraction of sp³-hybridized carbons (Fsp3) is 0.0196. The van der Waals surface area contributed by atoms with E-state index < -0.39 is 11.7 Å². The van der Waals surface area contributed by atoms with Crippen molar-refractivity contribution in [3.05, 3.63) is 198 Å². The van der Waals surface area contributed by atoms with Gasteiger partial charge < -0.3 is 9.13 Å². The van der Waals surface area contributed by atoms with Crippen LogP contribution in [-0.2, 0) is 6.18 Å². The average Bonchev–Trinajstić information content (AvgIpc) is 3.78. The molecule has 2 heterocycles. The summed E-state index contributed by atoms with van der Waals surface area (Å²) in [5.74, 6) is 0. The zero-order chi connectivity index (χ0) is 39.5. The number of benzene rings is 8. The lowest BCUT2D eigenvalue weighted by molar-refractivity contribution is -0.137. The van der Waals surface area contributed by atoms with E-state index in [-0.39, 0.29) is 22.4 Å². The number of nitrogens with zero attached hydrogens (tertiary/aromatic N) is 4. The summed E-state index contributed by atoms with van der Waals surface area (Å²) in [5, 5.41) is 13.5. The van der Waals surface area contributed by atoms with E-state index in [9.17, 15) is 18.4 Å². The van der Waals surface area contributed by atoms with Gasteiger partial charge in [-0.3, -0.25) is 0 Å². The number of fused-ring (bicyclic) bond motifs is 6. The van der Waals surface area contributed by atoms with Crippen molar-refractivity contribution in [1.29, 1.82) is 5.26 Å². The first-order valence-corrected chi connectivity index (χ1v) is 18.7. The Hall–Kier alpha value is -7.87. The minimum absolute atomic E-state index is 0.0490. The highest BCUT2D eigenvalue weighted by atomic mass is 19.4. The topological polar surface area (TPSA) is 38.0 Å². The molecule has 0 amide bonds. The third-order valence-corrected chi connectivity index (χ3v) is 11.0. The highest BCUT2D eigenvalue weighted by Gasteiger charge is 2.35. The van der Waals surface area contributed by atoms with Crippen LogP contribution in [0.5, 0.6) is 0 Å². The molecule has 8 aromatic carbocycles. The van der Waals surface area contributed by atoms with Crippen molar-refractivity contribution in [2.75, 3.05) is 0 Å². The van der Waals surface area contributed by atoms with Gasteiger partial charge in [-0.1, -0.05) is 115 Å². The van der Waals surface area contributed by atoms with E-state index in [1.165, 1.54) is 12.1 Å². The Morgan fingerprint density at radius 3 is 1.45 bits per heavy atom. The van der Waals surface area contributed by atoms with Crippen LogP contribution in [0.15, 0.2) is 176 Å². The molecule has 10 aromatic rings. The third kappa shape index (κ3) is 5.52. The van der Waals surface area contributed by atoms with E-state index >= 15 is 0 Å². The van der Waals surface area contributed by atoms with Crippen LogP contribution in [0.3, 0.4) is 0 Å².